The summed E-state index contributed by atoms with van der Waals surface area (Å²) < 4.78 is 0. The highest BCUT2D eigenvalue weighted by atomic mass is 79.9. The maximum Gasteiger partial charge on any atom is 0.0453 e. The standard InChI is InChI=1S/C15H15BrClN/c1-10-6-7-12(18-9-10)8-14(16)13-4-3-5-15(17)11(13)2/h3-7,9,14H,8H2,1-2H3. The van der Waals surface area contributed by atoms with E-state index < -0.39 is 0 Å². The maximum absolute atomic E-state index is 6.15. The Labute approximate surface area is 121 Å². The van der Waals surface area contributed by atoms with E-state index in [4.69, 9.17) is 11.6 Å². The minimum atomic E-state index is 0.242. The summed E-state index contributed by atoms with van der Waals surface area (Å²) in [4.78, 5) is 4.67. The van der Waals surface area contributed by atoms with Crippen molar-refractivity contribution in [3.8, 4) is 0 Å². The summed E-state index contributed by atoms with van der Waals surface area (Å²) in [6, 6.07) is 10.2. The highest BCUT2D eigenvalue weighted by Crippen LogP contribution is 2.31. The van der Waals surface area contributed by atoms with Gasteiger partial charge >= 0.3 is 0 Å². The van der Waals surface area contributed by atoms with Crippen LogP contribution in [0.15, 0.2) is 36.5 Å². The molecule has 0 spiro atoms. The van der Waals surface area contributed by atoms with Crippen LogP contribution in [-0.2, 0) is 6.42 Å². The van der Waals surface area contributed by atoms with Crippen molar-refractivity contribution in [2.45, 2.75) is 25.1 Å². The number of halogens is 2. The van der Waals surface area contributed by atoms with Crippen LogP contribution >= 0.6 is 27.5 Å². The Bertz CT molecular complexity index is 537. The van der Waals surface area contributed by atoms with E-state index in [0.717, 1.165) is 22.7 Å². The van der Waals surface area contributed by atoms with Gasteiger partial charge in [-0.2, -0.15) is 0 Å². The topological polar surface area (TPSA) is 12.9 Å². The first-order valence-corrected chi connectivity index (χ1v) is 7.18. The van der Waals surface area contributed by atoms with Gasteiger partial charge in [-0.3, -0.25) is 4.98 Å². The molecule has 1 nitrogen and oxygen atoms in total. The Morgan fingerprint density at radius 3 is 2.67 bits per heavy atom. The molecule has 0 bridgehead atoms. The number of rotatable bonds is 3. The molecular weight excluding hydrogens is 310 g/mol. The molecule has 18 heavy (non-hydrogen) atoms. The minimum Gasteiger partial charge on any atom is -0.261 e. The zero-order chi connectivity index (χ0) is 13.1. The lowest BCUT2D eigenvalue weighted by molar-refractivity contribution is 0.895. The number of hydrogen-bond donors (Lipinski definition) is 0. The van der Waals surface area contributed by atoms with Crippen LogP contribution < -0.4 is 0 Å². The van der Waals surface area contributed by atoms with Crippen molar-refractivity contribution < 1.29 is 0 Å². The molecule has 1 unspecified atom stereocenters. The molecule has 2 aromatic rings. The second-order valence-electron chi connectivity index (χ2n) is 4.45. The molecular formula is C15H15BrClN. The van der Waals surface area contributed by atoms with Crippen molar-refractivity contribution in [2.75, 3.05) is 0 Å². The number of alkyl halides is 1. The summed E-state index contributed by atoms with van der Waals surface area (Å²) in [6.07, 6.45) is 2.77. The molecule has 2 rings (SSSR count). The van der Waals surface area contributed by atoms with Crippen molar-refractivity contribution >= 4 is 27.5 Å². The summed E-state index contributed by atoms with van der Waals surface area (Å²) in [7, 11) is 0. The van der Waals surface area contributed by atoms with Gasteiger partial charge in [-0.15, -0.1) is 0 Å². The van der Waals surface area contributed by atoms with E-state index in [-0.39, 0.29) is 4.83 Å². The lowest BCUT2D eigenvalue weighted by Crippen LogP contribution is -2.00. The summed E-state index contributed by atoms with van der Waals surface area (Å²) in [6.45, 7) is 4.10. The first-order chi connectivity index (χ1) is 8.58. The first-order valence-electron chi connectivity index (χ1n) is 5.88. The molecule has 0 aliphatic heterocycles. The van der Waals surface area contributed by atoms with Gasteiger partial charge in [-0.05, 0) is 42.7 Å². The quantitative estimate of drug-likeness (QED) is 0.722. The van der Waals surface area contributed by atoms with E-state index in [1.807, 2.05) is 25.3 Å². The maximum atomic E-state index is 6.15. The number of aromatic nitrogens is 1. The number of benzene rings is 1. The van der Waals surface area contributed by atoms with Crippen LogP contribution in [0.5, 0.6) is 0 Å². The Kier molecular flexibility index (Phi) is 4.41. The van der Waals surface area contributed by atoms with Gasteiger partial charge in [-0.1, -0.05) is 45.7 Å². The summed E-state index contributed by atoms with van der Waals surface area (Å²) in [5.41, 5.74) is 4.63. The van der Waals surface area contributed by atoms with E-state index in [1.54, 1.807) is 0 Å². The molecule has 3 heteroatoms. The van der Waals surface area contributed by atoms with Gasteiger partial charge < -0.3 is 0 Å². The fraction of sp³-hybridized carbons (Fsp3) is 0.267. The van der Waals surface area contributed by atoms with Gasteiger partial charge in [0, 0.05) is 28.2 Å². The summed E-state index contributed by atoms with van der Waals surface area (Å²) in [5.74, 6) is 0. The predicted octanol–water partition coefficient (Wildman–Crippen LogP) is 5.03. The molecule has 0 aliphatic carbocycles. The third kappa shape index (κ3) is 3.12. The van der Waals surface area contributed by atoms with E-state index in [2.05, 4.69) is 46.0 Å². The van der Waals surface area contributed by atoms with Crippen LogP contribution in [-0.4, -0.2) is 4.98 Å². The normalized spacial score (nSPS) is 12.4. The van der Waals surface area contributed by atoms with Crippen molar-refractivity contribution in [1.29, 1.82) is 0 Å². The highest BCUT2D eigenvalue weighted by Gasteiger charge is 2.13. The minimum absolute atomic E-state index is 0.242. The van der Waals surface area contributed by atoms with Crippen LogP contribution in [0.2, 0.25) is 5.02 Å². The van der Waals surface area contributed by atoms with Gasteiger partial charge in [0.1, 0.15) is 0 Å². The number of nitrogens with zero attached hydrogens (tertiary/aromatic N) is 1. The largest absolute Gasteiger partial charge is 0.261 e. The Morgan fingerprint density at radius 1 is 1.22 bits per heavy atom. The lowest BCUT2D eigenvalue weighted by atomic mass is 10.0. The van der Waals surface area contributed by atoms with Crippen molar-refractivity contribution in [2.24, 2.45) is 0 Å². The zero-order valence-electron chi connectivity index (χ0n) is 10.5. The smallest absolute Gasteiger partial charge is 0.0453 e. The van der Waals surface area contributed by atoms with Gasteiger partial charge in [0.25, 0.3) is 0 Å². The molecule has 0 amide bonds. The van der Waals surface area contributed by atoms with E-state index in [0.29, 0.717) is 0 Å². The number of aryl methyl sites for hydroxylation is 1. The highest BCUT2D eigenvalue weighted by molar-refractivity contribution is 9.09. The fourth-order valence-electron chi connectivity index (χ4n) is 1.88. The van der Waals surface area contributed by atoms with E-state index >= 15 is 0 Å². The molecule has 0 aliphatic rings. The molecule has 1 aromatic carbocycles. The zero-order valence-corrected chi connectivity index (χ0v) is 12.8. The number of hydrogen-bond acceptors (Lipinski definition) is 1. The van der Waals surface area contributed by atoms with Gasteiger partial charge in [0.05, 0.1) is 0 Å². The van der Waals surface area contributed by atoms with Gasteiger partial charge in [0.15, 0.2) is 0 Å². The molecule has 0 N–H and O–H groups in total. The van der Waals surface area contributed by atoms with Crippen LogP contribution in [0, 0.1) is 13.8 Å². The molecule has 0 radical (unpaired) electrons. The second-order valence-corrected chi connectivity index (χ2v) is 5.97. The fourth-order valence-corrected chi connectivity index (χ4v) is 2.89. The molecule has 1 heterocycles. The van der Waals surface area contributed by atoms with Crippen molar-refractivity contribution in [1.82, 2.24) is 4.98 Å². The average Bonchev–Trinajstić information content (AvgIpc) is 2.35. The molecule has 0 fully saturated rings. The van der Waals surface area contributed by atoms with Crippen molar-refractivity contribution in [3.63, 3.8) is 0 Å². The second kappa shape index (κ2) is 5.85. The van der Waals surface area contributed by atoms with Gasteiger partial charge in [0.2, 0.25) is 0 Å². The molecule has 94 valence electrons. The van der Waals surface area contributed by atoms with Crippen LogP contribution in [0.1, 0.15) is 27.2 Å². The third-order valence-electron chi connectivity index (χ3n) is 3.01. The molecule has 1 atom stereocenters. The SMILES string of the molecule is Cc1ccc(CC(Br)c2cccc(Cl)c2C)nc1. The van der Waals surface area contributed by atoms with Crippen molar-refractivity contribution in [3.05, 3.63) is 63.9 Å². The van der Waals surface area contributed by atoms with E-state index in [1.165, 1.54) is 11.1 Å². The van der Waals surface area contributed by atoms with Gasteiger partial charge in [-0.25, -0.2) is 0 Å². The summed E-state index contributed by atoms with van der Waals surface area (Å²) >= 11 is 9.87. The van der Waals surface area contributed by atoms with Crippen LogP contribution in [0.4, 0.5) is 0 Å². The number of pyridine rings is 1. The molecule has 0 saturated heterocycles. The molecule has 1 aromatic heterocycles. The van der Waals surface area contributed by atoms with Crippen LogP contribution in [0.3, 0.4) is 0 Å². The Hall–Kier alpha value is -0.860. The Morgan fingerprint density at radius 2 is 2.00 bits per heavy atom. The Balaban J connectivity index is 2.19. The third-order valence-corrected chi connectivity index (χ3v) is 4.23. The van der Waals surface area contributed by atoms with Crippen LogP contribution in [0.25, 0.3) is 0 Å². The monoisotopic (exact) mass is 323 g/mol. The lowest BCUT2D eigenvalue weighted by Gasteiger charge is -2.13. The summed E-state index contributed by atoms with van der Waals surface area (Å²) in [5, 5.41) is 0.814. The molecule has 0 saturated carbocycles. The predicted molar refractivity (Wildman–Crippen MR) is 80.5 cm³/mol. The first kappa shape index (κ1) is 13.6. The van der Waals surface area contributed by atoms with E-state index in [9.17, 15) is 0 Å². The average molecular weight is 325 g/mol.